The molecule has 1 aliphatic carbocycles. The normalized spacial score (nSPS) is 13.7. The summed E-state index contributed by atoms with van der Waals surface area (Å²) in [5, 5.41) is 1.18. The van der Waals surface area contributed by atoms with Crippen LogP contribution < -0.4 is 5.56 Å². The van der Waals surface area contributed by atoms with E-state index in [1.54, 1.807) is 17.4 Å². The van der Waals surface area contributed by atoms with E-state index in [2.05, 4.69) is 4.98 Å². The number of thiophene rings is 1. The zero-order valence-corrected chi connectivity index (χ0v) is 13.9. The minimum atomic E-state index is -0.614. The van der Waals surface area contributed by atoms with Crippen LogP contribution in [0.3, 0.4) is 0 Å². The van der Waals surface area contributed by atoms with E-state index in [0.717, 1.165) is 29.7 Å². The fraction of sp³-hybridized carbons (Fsp3) is 0.294. The third kappa shape index (κ3) is 2.30. The average Bonchev–Trinajstić information content (AvgIpc) is 3.11. The molecule has 2 heterocycles. The van der Waals surface area contributed by atoms with Gasteiger partial charge in [-0.15, -0.1) is 11.3 Å². The van der Waals surface area contributed by atoms with Crippen molar-refractivity contribution < 1.29 is 4.39 Å². The molecule has 0 spiro atoms. The number of nitrogens with zero attached hydrogens (tertiary/aromatic N) is 2. The van der Waals surface area contributed by atoms with Gasteiger partial charge in [-0.1, -0.05) is 23.7 Å². The molecule has 0 saturated heterocycles. The number of aryl methyl sites for hydroxylation is 2. The van der Waals surface area contributed by atoms with Gasteiger partial charge in [-0.3, -0.25) is 9.36 Å². The predicted molar refractivity (Wildman–Crippen MR) is 92.3 cm³/mol. The van der Waals surface area contributed by atoms with Crippen molar-refractivity contribution in [1.82, 2.24) is 9.55 Å². The van der Waals surface area contributed by atoms with Gasteiger partial charge in [0.2, 0.25) is 0 Å². The van der Waals surface area contributed by atoms with E-state index < -0.39 is 6.67 Å². The third-order valence-corrected chi connectivity index (χ3v) is 5.76. The van der Waals surface area contributed by atoms with Crippen LogP contribution in [-0.2, 0) is 19.4 Å². The molecule has 0 amide bonds. The first-order chi connectivity index (χ1) is 11.2. The molecule has 1 aromatic carbocycles. The highest BCUT2D eigenvalue weighted by Crippen LogP contribution is 2.36. The lowest BCUT2D eigenvalue weighted by molar-refractivity contribution is 0.441. The van der Waals surface area contributed by atoms with Crippen LogP contribution in [0.2, 0.25) is 5.02 Å². The number of hydrogen-bond donors (Lipinski definition) is 0. The van der Waals surface area contributed by atoms with Crippen molar-refractivity contribution in [3.05, 3.63) is 50.1 Å². The van der Waals surface area contributed by atoms with Crippen LogP contribution >= 0.6 is 22.9 Å². The maximum atomic E-state index is 13.0. The molecule has 0 aliphatic heterocycles. The first-order valence-corrected chi connectivity index (χ1v) is 8.76. The molecule has 0 atom stereocenters. The highest BCUT2D eigenvalue weighted by atomic mass is 35.5. The molecule has 2 aromatic heterocycles. The van der Waals surface area contributed by atoms with Gasteiger partial charge in [0.15, 0.2) is 0 Å². The Labute approximate surface area is 141 Å². The van der Waals surface area contributed by atoms with Crippen LogP contribution in [0.5, 0.6) is 0 Å². The lowest BCUT2D eigenvalue weighted by Crippen LogP contribution is -2.24. The Bertz CT molecular complexity index is 963. The first kappa shape index (κ1) is 14.8. The van der Waals surface area contributed by atoms with Crippen molar-refractivity contribution in [2.45, 2.75) is 25.8 Å². The molecule has 0 N–H and O–H groups in total. The molecule has 6 heteroatoms. The average molecular weight is 349 g/mol. The number of alkyl halides is 1. The molecule has 0 unspecified atom stereocenters. The molecule has 3 nitrogen and oxygen atoms in total. The Balaban J connectivity index is 2.06. The Hall–Kier alpha value is -1.72. The van der Waals surface area contributed by atoms with Crippen molar-refractivity contribution in [2.24, 2.45) is 0 Å². The minimum absolute atomic E-state index is 0.00699. The maximum absolute atomic E-state index is 13.0. The van der Waals surface area contributed by atoms with Crippen LogP contribution in [0.25, 0.3) is 21.6 Å². The van der Waals surface area contributed by atoms with Crippen molar-refractivity contribution in [3.8, 4) is 11.4 Å². The van der Waals surface area contributed by atoms with Gasteiger partial charge < -0.3 is 0 Å². The second-order valence-electron chi connectivity index (χ2n) is 5.60. The lowest BCUT2D eigenvalue weighted by Gasteiger charge is -2.12. The molecule has 23 heavy (non-hydrogen) atoms. The highest BCUT2D eigenvalue weighted by molar-refractivity contribution is 7.18. The summed E-state index contributed by atoms with van der Waals surface area (Å²) in [5.74, 6) is 0.450. The van der Waals surface area contributed by atoms with Gasteiger partial charge in [-0.25, -0.2) is 9.37 Å². The van der Waals surface area contributed by atoms with E-state index >= 15 is 0 Å². The van der Waals surface area contributed by atoms with E-state index in [1.165, 1.54) is 9.44 Å². The van der Waals surface area contributed by atoms with E-state index in [4.69, 9.17) is 11.6 Å². The molecule has 0 saturated carbocycles. The molecular formula is C17H14ClFN2OS. The number of benzene rings is 1. The summed E-state index contributed by atoms with van der Waals surface area (Å²) in [4.78, 5) is 19.6. The lowest BCUT2D eigenvalue weighted by atomic mass is 10.1. The second kappa shape index (κ2) is 5.73. The van der Waals surface area contributed by atoms with Crippen LogP contribution in [-0.4, -0.2) is 16.2 Å². The molecule has 0 bridgehead atoms. The third-order valence-electron chi connectivity index (χ3n) is 4.25. The van der Waals surface area contributed by atoms with E-state index in [0.29, 0.717) is 21.8 Å². The number of hydrogen-bond acceptors (Lipinski definition) is 3. The van der Waals surface area contributed by atoms with Gasteiger partial charge in [0.25, 0.3) is 5.56 Å². The van der Waals surface area contributed by atoms with Crippen molar-refractivity contribution >= 4 is 33.2 Å². The standard InChI is InChI=1S/C17H14ClFN2OS/c18-12-6-2-1-4-10(12)15-20-16-14(17(22)21(15)9-8-19)11-5-3-7-13(11)23-16/h1-2,4,6H,3,5,7-9H2. The summed E-state index contributed by atoms with van der Waals surface area (Å²) in [7, 11) is 0. The molecular weight excluding hydrogens is 335 g/mol. The smallest absolute Gasteiger partial charge is 0.262 e. The largest absolute Gasteiger partial charge is 0.289 e. The molecule has 0 fully saturated rings. The van der Waals surface area contributed by atoms with Crippen LogP contribution in [0.4, 0.5) is 4.39 Å². The summed E-state index contributed by atoms with van der Waals surface area (Å²) in [5.41, 5.74) is 1.62. The quantitative estimate of drug-likeness (QED) is 0.709. The highest BCUT2D eigenvalue weighted by Gasteiger charge is 2.24. The Kier molecular flexibility index (Phi) is 3.70. The fourth-order valence-electron chi connectivity index (χ4n) is 3.22. The first-order valence-electron chi connectivity index (χ1n) is 7.56. The Morgan fingerprint density at radius 1 is 1.30 bits per heavy atom. The number of fused-ring (bicyclic) bond motifs is 3. The predicted octanol–water partition coefficient (Wildman–Crippen LogP) is 4.24. The Morgan fingerprint density at radius 3 is 2.91 bits per heavy atom. The van der Waals surface area contributed by atoms with E-state index in [-0.39, 0.29) is 12.1 Å². The fourth-order valence-corrected chi connectivity index (χ4v) is 4.69. The SMILES string of the molecule is O=c1c2c3c(sc2nc(-c2ccccc2Cl)n1CCF)CCC3. The van der Waals surface area contributed by atoms with Gasteiger partial charge in [0.05, 0.1) is 17.0 Å². The van der Waals surface area contributed by atoms with E-state index in [1.807, 2.05) is 18.2 Å². The summed E-state index contributed by atoms with van der Waals surface area (Å²) in [6.45, 7) is -0.621. The number of rotatable bonds is 3. The van der Waals surface area contributed by atoms with Gasteiger partial charge in [0, 0.05) is 10.4 Å². The van der Waals surface area contributed by atoms with Crippen LogP contribution in [0.15, 0.2) is 29.1 Å². The maximum Gasteiger partial charge on any atom is 0.262 e. The summed E-state index contributed by atoms with van der Waals surface area (Å²) < 4.78 is 14.5. The van der Waals surface area contributed by atoms with Crippen LogP contribution in [0, 0.1) is 0 Å². The minimum Gasteiger partial charge on any atom is -0.289 e. The van der Waals surface area contributed by atoms with Crippen molar-refractivity contribution in [2.75, 3.05) is 6.67 Å². The van der Waals surface area contributed by atoms with Crippen molar-refractivity contribution in [3.63, 3.8) is 0 Å². The van der Waals surface area contributed by atoms with Crippen LogP contribution in [0.1, 0.15) is 16.9 Å². The van der Waals surface area contributed by atoms with Gasteiger partial charge in [-0.05, 0) is 37.0 Å². The summed E-state index contributed by atoms with van der Waals surface area (Å²) >= 11 is 7.84. The van der Waals surface area contributed by atoms with E-state index in [9.17, 15) is 9.18 Å². The molecule has 4 rings (SSSR count). The van der Waals surface area contributed by atoms with Crippen molar-refractivity contribution in [1.29, 1.82) is 0 Å². The molecule has 1 aliphatic rings. The Morgan fingerprint density at radius 2 is 2.13 bits per heavy atom. The van der Waals surface area contributed by atoms with Gasteiger partial charge in [0.1, 0.15) is 17.3 Å². The molecule has 118 valence electrons. The molecule has 0 radical (unpaired) electrons. The van der Waals surface area contributed by atoms with Gasteiger partial charge in [-0.2, -0.15) is 0 Å². The molecule has 3 aromatic rings. The van der Waals surface area contributed by atoms with Gasteiger partial charge >= 0.3 is 0 Å². The summed E-state index contributed by atoms with van der Waals surface area (Å²) in [6, 6.07) is 7.22. The zero-order valence-electron chi connectivity index (χ0n) is 12.3. The summed E-state index contributed by atoms with van der Waals surface area (Å²) in [6.07, 6.45) is 2.99. The monoisotopic (exact) mass is 348 g/mol. The topological polar surface area (TPSA) is 34.9 Å². The second-order valence-corrected chi connectivity index (χ2v) is 7.09. The number of aromatic nitrogens is 2. The number of halogens is 2. The zero-order chi connectivity index (χ0) is 16.0.